The number of benzene rings is 2. The first-order valence-electron chi connectivity index (χ1n) is 15.0. The molecule has 0 unspecified atom stereocenters. The lowest BCUT2D eigenvalue weighted by Gasteiger charge is -2.24. The Hall–Kier alpha value is -3.20. The van der Waals surface area contributed by atoms with Crippen LogP contribution in [0.2, 0.25) is 0 Å². The lowest BCUT2D eigenvalue weighted by Crippen LogP contribution is -2.43. The molecule has 14 heteroatoms. The minimum atomic E-state index is -0.835. The number of hydrogen-bond donors (Lipinski definition) is 2. The van der Waals surface area contributed by atoms with Gasteiger partial charge in [0, 0.05) is 48.8 Å². The average Bonchev–Trinajstić information content (AvgIpc) is 3.09. The number of methoxy groups -OCH3 is 2. The van der Waals surface area contributed by atoms with Gasteiger partial charge in [-0.15, -0.1) is 0 Å². The molecule has 0 aliphatic heterocycles. The van der Waals surface area contributed by atoms with Gasteiger partial charge in [0.05, 0.1) is 14.2 Å². The molecule has 2 N–H and O–H groups in total. The molecule has 0 amide bonds. The van der Waals surface area contributed by atoms with E-state index in [-0.39, 0.29) is 11.5 Å². The second-order valence-electron chi connectivity index (χ2n) is 9.54. The van der Waals surface area contributed by atoms with E-state index in [4.69, 9.17) is 43.9 Å². The van der Waals surface area contributed by atoms with Gasteiger partial charge in [0.25, 0.3) is 0 Å². The van der Waals surface area contributed by atoms with Crippen LogP contribution in [0.25, 0.3) is 0 Å². The number of aliphatic imine (C=N–C) groups is 2. The van der Waals surface area contributed by atoms with E-state index < -0.39 is 24.0 Å². The third-order valence-electron chi connectivity index (χ3n) is 6.70. The Kier molecular flexibility index (Phi) is 18.3. The molecule has 0 fully saturated rings. The number of thiocarbonyl (C=S) groups is 2. The van der Waals surface area contributed by atoms with Crippen molar-refractivity contribution < 1.29 is 19.1 Å². The molecule has 46 heavy (non-hydrogen) atoms. The molecule has 0 heterocycles. The number of ether oxygens (including phenoxy) is 2. The summed E-state index contributed by atoms with van der Waals surface area (Å²) >= 11 is 11.3. The van der Waals surface area contributed by atoms with Crippen LogP contribution in [0.4, 0.5) is 0 Å². The lowest BCUT2D eigenvalue weighted by molar-refractivity contribution is -0.142. The molecule has 2 aromatic carbocycles. The van der Waals surface area contributed by atoms with Crippen molar-refractivity contribution in [1.82, 2.24) is 20.4 Å². The highest BCUT2D eigenvalue weighted by molar-refractivity contribution is 8.76. The second kappa shape index (κ2) is 21.6. The molecule has 2 aromatic rings. The molecule has 2 rings (SSSR count). The summed E-state index contributed by atoms with van der Waals surface area (Å²) in [6, 6.07) is 17.3. The Morgan fingerprint density at radius 1 is 0.674 bits per heavy atom. The monoisotopic (exact) mass is 704 g/mol. The van der Waals surface area contributed by atoms with Gasteiger partial charge in [0.2, 0.25) is 0 Å². The molecule has 0 spiro atoms. The van der Waals surface area contributed by atoms with E-state index >= 15 is 0 Å². The molecule has 0 saturated heterocycles. The number of esters is 2. The van der Waals surface area contributed by atoms with Crippen molar-refractivity contribution in [2.75, 3.05) is 51.9 Å². The normalized spacial score (nSPS) is 12.8. The maximum atomic E-state index is 12.9. The van der Waals surface area contributed by atoms with Crippen LogP contribution < -0.4 is 10.6 Å². The van der Waals surface area contributed by atoms with E-state index in [2.05, 4.69) is 10.6 Å². The number of nitrogens with zero attached hydrogens (tertiary/aromatic N) is 4. The lowest BCUT2D eigenvalue weighted by atomic mass is 10.2. The Balaban J connectivity index is 2.29. The first-order valence-corrected chi connectivity index (χ1v) is 18.3. The predicted octanol–water partition coefficient (Wildman–Crippen LogP) is 4.78. The van der Waals surface area contributed by atoms with Crippen LogP contribution in [0, 0.1) is 0 Å². The van der Waals surface area contributed by atoms with Crippen LogP contribution in [0.15, 0.2) is 70.6 Å². The highest BCUT2D eigenvalue weighted by Gasteiger charge is 2.24. The fraction of sp³-hybridized carbons (Fsp3) is 0.438. The van der Waals surface area contributed by atoms with E-state index in [0.29, 0.717) is 21.9 Å². The van der Waals surface area contributed by atoms with Gasteiger partial charge in [0.1, 0.15) is 11.7 Å². The standard InChI is InChI=1S/C32H44N6O4S4/c1-7-37(8-2)31(43)35-27(23-17-13-11-14-18-23)33-25(29(39)41-5)21-45-46-22-26(30(40)42-6)34-28(24-19-15-12-16-20-24)36-32(44)38(9-3)10-4/h11-20,25-26H,7-10,21-22H2,1-6H3,(H,33,35,43)(H,34,36,44)/t25-,26-/m0/s1. The first-order chi connectivity index (χ1) is 22.2. The summed E-state index contributed by atoms with van der Waals surface area (Å²) in [7, 11) is 5.45. The van der Waals surface area contributed by atoms with Crippen LogP contribution in [0.1, 0.15) is 38.8 Å². The Morgan fingerprint density at radius 2 is 1.00 bits per heavy atom. The molecule has 0 aromatic heterocycles. The molecule has 0 saturated carbocycles. The molecule has 0 radical (unpaired) electrons. The molecule has 0 bridgehead atoms. The minimum Gasteiger partial charge on any atom is -0.467 e. The molecule has 250 valence electrons. The highest BCUT2D eigenvalue weighted by atomic mass is 33.1. The summed E-state index contributed by atoms with van der Waals surface area (Å²) < 4.78 is 10.2. The fourth-order valence-electron chi connectivity index (χ4n) is 4.06. The van der Waals surface area contributed by atoms with Crippen molar-refractivity contribution in [2.24, 2.45) is 9.98 Å². The van der Waals surface area contributed by atoms with Crippen LogP contribution in [0.3, 0.4) is 0 Å². The maximum Gasteiger partial charge on any atom is 0.331 e. The largest absolute Gasteiger partial charge is 0.467 e. The zero-order chi connectivity index (χ0) is 33.9. The van der Waals surface area contributed by atoms with Crippen LogP contribution in [-0.4, -0.2) is 108 Å². The Labute approximate surface area is 291 Å². The zero-order valence-corrected chi connectivity index (χ0v) is 30.5. The highest BCUT2D eigenvalue weighted by Crippen LogP contribution is 2.26. The zero-order valence-electron chi connectivity index (χ0n) is 27.2. The third-order valence-corrected chi connectivity index (χ3v) is 9.81. The summed E-state index contributed by atoms with van der Waals surface area (Å²) in [4.78, 5) is 39.2. The summed E-state index contributed by atoms with van der Waals surface area (Å²) in [5.41, 5.74) is 1.57. The number of carbonyl (C=O) groups is 2. The summed E-state index contributed by atoms with van der Waals surface area (Å²) in [5, 5.41) is 7.49. The maximum absolute atomic E-state index is 12.9. The minimum absolute atomic E-state index is 0.279. The first kappa shape index (κ1) is 39.0. The molecular weight excluding hydrogens is 661 g/mol. The average molecular weight is 705 g/mol. The van der Waals surface area contributed by atoms with E-state index in [0.717, 1.165) is 37.3 Å². The third kappa shape index (κ3) is 12.5. The second-order valence-corrected chi connectivity index (χ2v) is 12.9. The van der Waals surface area contributed by atoms with Crippen molar-refractivity contribution >= 4 is 79.9 Å². The molecular formula is C32H44N6O4S4. The summed E-state index contributed by atoms with van der Waals surface area (Å²) in [6.45, 7) is 11.0. The van der Waals surface area contributed by atoms with Crippen molar-refractivity contribution in [3.05, 3.63) is 71.8 Å². The van der Waals surface area contributed by atoms with E-state index in [9.17, 15) is 9.59 Å². The summed E-state index contributed by atoms with van der Waals surface area (Å²) in [5.74, 6) is 0.526. The van der Waals surface area contributed by atoms with Gasteiger partial charge in [-0.05, 0) is 52.1 Å². The summed E-state index contributed by atoms with van der Waals surface area (Å²) in [6.07, 6.45) is 0. The van der Waals surface area contributed by atoms with Crippen LogP contribution in [0.5, 0.6) is 0 Å². The number of rotatable bonds is 15. The van der Waals surface area contributed by atoms with Crippen molar-refractivity contribution in [3.8, 4) is 0 Å². The van der Waals surface area contributed by atoms with Gasteiger partial charge in [-0.25, -0.2) is 9.59 Å². The van der Waals surface area contributed by atoms with Gasteiger partial charge in [-0.2, -0.15) is 0 Å². The van der Waals surface area contributed by atoms with Crippen molar-refractivity contribution in [2.45, 2.75) is 39.8 Å². The fourth-order valence-corrected chi connectivity index (χ4v) is 6.99. The Morgan fingerprint density at radius 3 is 1.28 bits per heavy atom. The quantitative estimate of drug-likeness (QED) is 0.0666. The predicted molar refractivity (Wildman–Crippen MR) is 200 cm³/mol. The molecule has 10 nitrogen and oxygen atoms in total. The van der Waals surface area contributed by atoms with Gasteiger partial charge < -0.3 is 29.9 Å². The van der Waals surface area contributed by atoms with Gasteiger partial charge in [0.15, 0.2) is 22.3 Å². The number of amidine groups is 2. The molecule has 0 aliphatic rings. The van der Waals surface area contributed by atoms with Gasteiger partial charge >= 0.3 is 11.9 Å². The number of carbonyl (C=O) groups excluding carboxylic acids is 2. The van der Waals surface area contributed by atoms with E-state index in [1.165, 1.54) is 35.8 Å². The van der Waals surface area contributed by atoms with E-state index in [1.54, 1.807) is 0 Å². The molecule has 2 atom stereocenters. The molecule has 0 aliphatic carbocycles. The smallest absolute Gasteiger partial charge is 0.331 e. The topological polar surface area (TPSA) is 108 Å². The van der Waals surface area contributed by atoms with Gasteiger partial charge in [-0.3, -0.25) is 9.98 Å². The van der Waals surface area contributed by atoms with Crippen molar-refractivity contribution in [3.63, 3.8) is 0 Å². The van der Waals surface area contributed by atoms with Crippen LogP contribution in [-0.2, 0) is 19.1 Å². The van der Waals surface area contributed by atoms with Gasteiger partial charge in [-0.1, -0.05) is 82.3 Å². The van der Waals surface area contributed by atoms with Crippen molar-refractivity contribution in [1.29, 1.82) is 0 Å². The van der Waals surface area contributed by atoms with Crippen LogP contribution >= 0.6 is 46.0 Å². The van der Waals surface area contributed by atoms with E-state index in [1.807, 2.05) is 98.2 Å². The SMILES string of the molecule is CCN(CC)C(=S)NC(=N[C@@H](CSSC[C@H](N=C(NC(=S)N(CC)CC)c1ccccc1)C(=O)OC)C(=O)OC)c1ccccc1. The number of nitrogens with one attached hydrogen (secondary N) is 2. The Bertz CT molecular complexity index is 1220. The number of hydrogen-bond acceptors (Lipinski definition) is 10.